The van der Waals surface area contributed by atoms with Crippen LogP contribution in [0.25, 0.3) is 0 Å². The molecule has 1 aromatic heterocycles. The zero-order chi connectivity index (χ0) is 11.0. The Kier molecular flexibility index (Phi) is 2.87. The summed E-state index contributed by atoms with van der Waals surface area (Å²) in [6.07, 6.45) is 5.25. The van der Waals surface area contributed by atoms with E-state index < -0.39 is 5.97 Å². The molecule has 1 fully saturated rings. The third-order valence-corrected chi connectivity index (χ3v) is 3.53. The second-order valence-electron chi connectivity index (χ2n) is 4.33. The minimum absolute atomic E-state index is 0.359. The topological polar surface area (TPSA) is 42.2 Å². The summed E-state index contributed by atoms with van der Waals surface area (Å²) >= 11 is 3.33. The second kappa shape index (κ2) is 4.00. The van der Waals surface area contributed by atoms with E-state index in [1.807, 2.05) is 10.8 Å². The molecule has 1 aliphatic carbocycles. The van der Waals surface area contributed by atoms with Crippen LogP contribution in [0.5, 0.6) is 0 Å². The SMILES string of the molecule is CC1CCC(n2cc(Br)cc2C(=O)O)C1. The number of carboxylic acids is 1. The van der Waals surface area contributed by atoms with Crippen LogP contribution in [0.4, 0.5) is 0 Å². The van der Waals surface area contributed by atoms with E-state index in [2.05, 4.69) is 22.9 Å². The number of hydrogen-bond acceptors (Lipinski definition) is 1. The standard InChI is InChI=1S/C11H14BrNO2/c1-7-2-3-9(4-7)13-6-8(12)5-10(13)11(14)15/h5-7,9H,2-4H2,1H3,(H,14,15). The highest BCUT2D eigenvalue weighted by molar-refractivity contribution is 9.10. The van der Waals surface area contributed by atoms with Crippen molar-refractivity contribution in [3.05, 3.63) is 22.4 Å². The van der Waals surface area contributed by atoms with E-state index in [0.29, 0.717) is 17.7 Å². The molecule has 4 heteroatoms. The van der Waals surface area contributed by atoms with Crippen LogP contribution in [0.2, 0.25) is 0 Å². The molecule has 1 saturated carbocycles. The Hall–Kier alpha value is -0.770. The summed E-state index contributed by atoms with van der Waals surface area (Å²) in [5.74, 6) is -0.141. The van der Waals surface area contributed by atoms with Gasteiger partial charge in [-0.05, 0) is 47.2 Å². The van der Waals surface area contributed by atoms with E-state index in [-0.39, 0.29) is 0 Å². The summed E-state index contributed by atoms with van der Waals surface area (Å²) in [6.45, 7) is 2.22. The van der Waals surface area contributed by atoms with Crippen molar-refractivity contribution < 1.29 is 9.90 Å². The lowest BCUT2D eigenvalue weighted by molar-refractivity contribution is 0.0682. The Morgan fingerprint density at radius 3 is 2.87 bits per heavy atom. The van der Waals surface area contributed by atoms with Crippen molar-refractivity contribution >= 4 is 21.9 Å². The van der Waals surface area contributed by atoms with Gasteiger partial charge >= 0.3 is 5.97 Å². The van der Waals surface area contributed by atoms with Gasteiger partial charge in [0, 0.05) is 16.7 Å². The summed E-state index contributed by atoms with van der Waals surface area (Å²) in [6, 6.07) is 2.03. The molecule has 1 N–H and O–H groups in total. The van der Waals surface area contributed by atoms with Gasteiger partial charge in [-0.15, -0.1) is 0 Å². The van der Waals surface area contributed by atoms with Crippen molar-refractivity contribution in [1.82, 2.24) is 4.57 Å². The fourth-order valence-electron chi connectivity index (χ4n) is 2.35. The average Bonchev–Trinajstić information content (AvgIpc) is 2.71. The van der Waals surface area contributed by atoms with Gasteiger partial charge in [0.2, 0.25) is 0 Å². The van der Waals surface area contributed by atoms with E-state index in [1.54, 1.807) is 6.07 Å². The van der Waals surface area contributed by atoms with Crippen LogP contribution >= 0.6 is 15.9 Å². The van der Waals surface area contributed by atoms with Crippen molar-refractivity contribution in [3.8, 4) is 0 Å². The predicted octanol–water partition coefficient (Wildman–Crippen LogP) is 3.31. The molecule has 3 nitrogen and oxygen atoms in total. The van der Waals surface area contributed by atoms with Crippen LogP contribution in [0.3, 0.4) is 0 Å². The minimum Gasteiger partial charge on any atom is -0.477 e. The second-order valence-corrected chi connectivity index (χ2v) is 5.24. The van der Waals surface area contributed by atoms with Crippen LogP contribution in [-0.4, -0.2) is 15.6 Å². The molecule has 0 saturated heterocycles. The molecular weight excluding hydrogens is 258 g/mol. The molecular formula is C11H14BrNO2. The van der Waals surface area contributed by atoms with Crippen LogP contribution in [-0.2, 0) is 0 Å². The molecule has 0 radical (unpaired) electrons. The quantitative estimate of drug-likeness (QED) is 0.897. The van der Waals surface area contributed by atoms with Crippen molar-refractivity contribution in [3.63, 3.8) is 0 Å². The number of hydrogen-bond donors (Lipinski definition) is 1. The van der Waals surface area contributed by atoms with Crippen molar-refractivity contribution in [1.29, 1.82) is 0 Å². The van der Waals surface area contributed by atoms with E-state index in [9.17, 15) is 4.79 Å². The zero-order valence-corrected chi connectivity index (χ0v) is 10.2. The third kappa shape index (κ3) is 2.09. The highest BCUT2D eigenvalue weighted by Gasteiger charge is 2.25. The summed E-state index contributed by atoms with van der Waals surface area (Å²) < 4.78 is 2.75. The number of carbonyl (C=O) groups is 1. The number of rotatable bonds is 2. The number of aromatic carboxylic acids is 1. The monoisotopic (exact) mass is 271 g/mol. The lowest BCUT2D eigenvalue weighted by Crippen LogP contribution is -2.12. The summed E-state index contributed by atoms with van der Waals surface area (Å²) in [7, 11) is 0. The molecule has 0 aromatic carbocycles. The first-order valence-electron chi connectivity index (χ1n) is 5.18. The smallest absolute Gasteiger partial charge is 0.352 e. The van der Waals surface area contributed by atoms with Gasteiger partial charge in [-0.1, -0.05) is 6.92 Å². The molecule has 82 valence electrons. The fourth-order valence-corrected chi connectivity index (χ4v) is 2.79. The molecule has 0 bridgehead atoms. The predicted molar refractivity (Wildman–Crippen MR) is 61.1 cm³/mol. The van der Waals surface area contributed by atoms with Gasteiger partial charge in [-0.25, -0.2) is 4.79 Å². The van der Waals surface area contributed by atoms with Crippen molar-refractivity contribution in [2.75, 3.05) is 0 Å². The molecule has 1 aliphatic rings. The lowest BCUT2D eigenvalue weighted by Gasteiger charge is -2.14. The first-order chi connectivity index (χ1) is 7.08. The van der Waals surface area contributed by atoms with Gasteiger partial charge in [0.25, 0.3) is 0 Å². The normalized spacial score (nSPS) is 25.7. The molecule has 0 spiro atoms. The maximum absolute atomic E-state index is 11.0. The number of halogens is 1. The highest BCUT2D eigenvalue weighted by Crippen LogP contribution is 2.36. The van der Waals surface area contributed by atoms with E-state index >= 15 is 0 Å². The minimum atomic E-state index is -0.847. The van der Waals surface area contributed by atoms with Crippen LogP contribution in [0.1, 0.15) is 42.7 Å². The zero-order valence-electron chi connectivity index (χ0n) is 8.61. The number of nitrogens with zero attached hydrogens (tertiary/aromatic N) is 1. The van der Waals surface area contributed by atoms with Crippen molar-refractivity contribution in [2.45, 2.75) is 32.2 Å². The number of aromatic nitrogens is 1. The Morgan fingerprint density at radius 2 is 2.33 bits per heavy atom. The van der Waals surface area contributed by atoms with Crippen LogP contribution in [0, 0.1) is 5.92 Å². The Bertz CT molecular complexity index is 386. The number of carboxylic acid groups (broad SMARTS) is 1. The lowest BCUT2D eigenvalue weighted by atomic mass is 10.1. The van der Waals surface area contributed by atoms with Gasteiger partial charge in [-0.3, -0.25) is 0 Å². The summed E-state index contributed by atoms with van der Waals surface area (Å²) in [5, 5.41) is 9.06. The summed E-state index contributed by atoms with van der Waals surface area (Å²) in [5.41, 5.74) is 0.390. The molecule has 1 heterocycles. The first-order valence-corrected chi connectivity index (χ1v) is 5.98. The average molecular weight is 272 g/mol. The molecule has 1 aromatic rings. The summed E-state index contributed by atoms with van der Waals surface area (Å²) in [4.78, 5) is 11.0. The molecule has 0 aliphatic heterocycles. The third-order valence-electron chi connectivity index (χ3n) is 3.09. The van der Waals surface area contributed by atoms with Crippen LogP contribution in [0.15, 0.2) is 16.7 Å². The Balaban J connectivity index is 2.30. The van der Waals surface area contributed by atoms with Gasteiger partial charge in [-0.2, -0.15) is 0 Å². The van der Waals surface area contributed by atoms with E-state index in [0.717, 1.165) is 17.3 Å². The van der Waals surface area contributed by atoms with Crippen LogP contribution < -0.4 is 0 Å². The molecule has 15 heavy (non-hydrogen) atoms. The van der Waals surface area contributed by atoms with Gasteiger partial charge in [0.05, 0.1) is 0 Å². The van der Waals surface area contributed by atoms with Gasteiger partial charge in [0.1, 0.15) is 5.69 Å². The Labute approximate surface area is 97.2 Å². The molecule has 2 atom stereocenters. The highest BCUT2D eigenvalue weighted by atomic mass is 79.9. The molecule has 2 unspecified atom stereocenters. The maximum Gasteiger partial charge on any atom is 0.352 e. The maximum atomic E-state index is 11.0. The largest absolute Gasteiger partial charge is 0.477 e. The van der Waals surface area contributed by atoms with E-state index in [4.69, 9.17) is 5.11 Å². The molecule has 2 rings (SSSR count). The Morgan fingerprint density at radius 1 is 1.60 bits per heavy atom. The molecule has 0 amide bonds. The van der Waals surface area contributed by atoms with Crippen molar-refractivity contribution in [2.24, 2.45) is 5.92 Å². The van der Waals surface area contributed by atoms with Gasteiger partial charge < -0.3 is 9.67 Å². The fraction of sp³-hybridized carbons (Fsp3) is 0.545. The van der Waals surface area contributed by atoms with E-state index in [1.165, 1.54) is 6.42 Å². The first kappa shape index (κ1) is 10.7. The van der Waals surface area contributed by atoms with Gasteiger partial charge in [0.15, 0.2) is 0 Å².